The fourth-order valence-electron chi connectivity index (χ4n) is 1.68. The number of carboxylic acids is 1. The molecular weight excluding hydrogens is 325 g/mol. The summed E-state index contributed by atoms with van der Waals surface area (Å²) in [7, 11) is 0. The minimum absolute atomic E-state index is 0.391. The molecule has 0 spiro atoms. The van der Waals surface area contributed by atoms with Crippen LogP contribution >= 0.6 is 23.4 Å². The largest absolute Gasteiger partial charge is 0.478 e. The van der Waals surface area contributed by atoms with Crippen LogP contribution in [-0.4, -0.2) is 11.1 Å². The van der Waals surface area contributed by atoms with Crippen molar-refractivity contribution in [3.63, 3.8) is 0 Å². The number of hydrogen-bond acceptors (Lipinski definition) is 2. The highest BCUT2D eigenvalue weighted by atomic mass is 35.5. The Morgan fingerprint density at radius 1 is 1.10 bits per heavy atom. The molecule has 0 unspecified atom stereocenters. The van der Waals surface area contributed by atoms with Gasteiger partial charge in [0.25, 0.3) is 0 Å². The first kappa shape index (κ1) is 15.7. The van der Waals surface area contributed by atoms with E-state index in [1.165, 1.54) is 6.07 Å². The Hall–Kier alpha value is -1.66. The van der Waals surface area contributed by atoms with Crippen molar-refractivity contribution in [1.29, 1.82) is 0 Å². The fourth-order valence-corrected chi connectivity index (χ4v) is 2.85. The average Bonchev–Trinajstić information content (AvgIpc) is 2.37. The van der Waals surface area contributed by atoms with Crippen LogP contribution < -0.4 is 0 Å². The molecule has 0 fully saturated rings. The predicted molar refractivity (Wildman–Crippen MR) is 74.0 cm³/mol. The second kappa shape index (κ2) is 5.99. The summed E-state index contributed by atoms with van der Waals surface area (Å²) in [5.41, 5.74) is -1.93. The Morgan fingerprint density at radius 2 is 1.76 bits per heavy atom. The molecule has 7 heteroatoms. The van der Waals surface area contributed by atoms with Crippen molar-refractivity contribution in [3.8, 4) is 0 Å². The summed E-state index contributed by atoms with van der Waals surface area (Å²) in [6.07, 6.45) is -4.70. The summed E-state index contributed by atoms with van der Waals surface area (Å²) >= 11 is 6.96. The van der Waals surface area contributed by atoms with Gasteiger partial charge in [-0.25, -0.2) is 4.79 Å². The van der Waals surface area contributed by atoms with Crippen LogP contribution in [0, 0.1) is 0 Å². The third-order valence-corrected chi connectivity index (χ3v) is 3.77. The van der Waals surface area contributed by atoms with Crippen LogP contribution in [0.1, 0.15) is 15.9 Å². The lowest BCUT2D eigenvalue weighted by Crippen LogP contribution is -2.12. The zero-order chi connectivity index (χ0) is 15.6. The van der Waals surface area contributed by atoms with Gasteiger partial charge in [0.15, 0.2) is 0 Å². The van der Waals surface area contributed by atoms with Gasteiger partial charge in [-0.1, -0.05) is 29.4 Å². The maximum absolute atomic E-state index is 12.7. The van der Waals surface area contributed by atoms with Crippen LogP contribution in [0.15, 0.2) is 52.3 Å². The van der Waals surface area contributed by atoms with Crippen molar-refractivity contribution in [2.24, 2.45) is 0 Å². The zero-order valence-electron chi connectivity index (χ0n) is 10.3. The molecule has 21 heavy (non-hydrogen) atoms. The first-order valence-electron chi connectivity index (χ1n) is 5.65. The van der Waals surface area contributed by atoms with Gasteiger partial charge in [-0.15, -0.1) is 0 Å². The minimum Gasteiger partial charge on any atom is -0.478 e. The fraction of sp³-hybridized carbons (Fsp3) is 0.0714. The first-order valence-corrected chi connectivity index (χ1v) is 6.85. The van der Waals surface area contributed by atoms with E-state index >= 15 is 0 Å². The van der Waals surface area contributed by atoms with Crippen LogP contribution in [0.4, 0.5) is 13.2 Å². The van der Waals surface area contributed by atoms with Crippen LogP contribution in [-0.2, 0) is 6.18 Å². The number of aromatic carboxylic acids is 1. The highest BCUT2D eigenvalue weighted by Crippen LogP contribution is 2.36. The van der Waals surface area contributed by atoms with Crippen molar-refractivity contribution in [1.82, 2.24) is 0 Å². The van der Waals surface area contributed by atoms with Crippen LogP contribution in [0.2, 0.25) is 5.02 Å². The van der Waals surface area contributed by atoms with Gasteiger partial charge in [-0.3, -0.25) is 0 Å². The Balaban J connectivity index is 2.39. The van der Waals surface area contributed by atoms with Gasteiger partial charge in [0, 0.05) is 14.8 Å². The van der Waals surface area contributed by atoms with Crippen molar-refractivity contribution in [2.75, 3.05) is 0 Å². The lowest BCUT2D eigenvalue weighted by Gasteiger charge is -2.11. The van der Waals surface area contributed by atoms with Crippen LogP contribution in [0.25, 0.3) is 0 Å². The van der Waals surface area contributed by atoms with Gasteiger partial charge in [-0.2, -0.15) is 13.2 Å². The summed E-state index contributed by atoms with van der Waals surface area (Å²) in [6.45, 7) is 0. The van der Waals surface area contributed by atoms with Gasteiger partial charge in [0.1, 0.15) is 0 Å². The van der Waals surface area contributed by atoms with E-state index in [0.717, 1.165) is 23.9 Å². The lowest BCUT2D eigenvalue weighted by molar-refractivity contribution is -0.138. The summed E-state index contributed by atoms with van der Waals surface area (Å²) < 4.78 is 38.2. The van der Waals surface area contributed by atoms with Crippen LogP contribution in [0.3, 0.4) is 0 Å². The molecule has 110 valence electrons. The van der Waals surface area contributed by atoms with E-state index in [2.05, 4.69) is 0 Å². The molecule has 1 N–H and O–H groups in total. The molecule has 0 aliphatic carbocycles. The molecule has 0 bridgehead atoms. The van der Waals surface area contributed by atoms with E-state index in [1.54, 1.807) is 24.3 Å². The molecule has 2 aromatic rings. The normalized spacial score (nSPS) is 11.4. The van der Waals surface area contributed by atoms with Gasteiger partial charge in [0.2, 0.25) is 0 Å². The van der Waals surface area contributed by atoms with Gasteiger partial charge in [0.05, 0.1) is 11.1 Å². The van der Waals surface area contributed by atoms with Crippen molar-refractivity contribution < 1.29 is 23.1 Å². The third kappa shape index (κ3) is 3.92. The van der Waals surface area contributed by atoms with Gasteiger partial charge >= 0.3 is 12.1 Å². The molecule has 0 radical (unpaired) electrons. The quantitative estimate of drug-likeness (QED) is 0.838. The average molecular weight is 333 g/mol. The second-order valence-electron chi connectivity index (χ2n) is 4.07. The summed E-state index contributed by atoms with van der Waals surface area (Å²) in [6, 6.07) is 9.76. The lowest BCUT2D eigenvalue weighted by atomic mass is 10.1. The van der Waals surface area contributed by atoms with Crippen LogP contribution in [0.5, 0.6) is 0 Å². The molecule has 0 aromatic heterocycles. The number of carbonyl (C=O) groups is 1. The molecule has 0 saturated carbocycles. The molecule has 0 amide bonds. The first-order chi connectivity index (χ1) is 9.77. The number of alkyl halides is 3. The number of rotatable bonds is 3. The van der Waals surface area contributed by atoms with E-state index in [1.807, 2.05) is 0 Å². The third-order valence-electron chi connectivity index (χ3n) is 2.56. The van der Waals surface area contributed by atoms with Crippen molar-refractivity contribution >= 4 is 29.3 Å². The highest BCUT2D eigenvalue weighted by molar-refractivity contribution is 7.99. The molecule has 0 aliphatic rings. The Bertz CT molecular complexity index is 686. The molecule has 2 nitrogen and oxygen atoms in total. The predicted octanol–water partition coefficient (Wildman–Crippen LogP) is 5.21. The van der Waals surface area contributed by atoms with Crippen molar-refractivity contribution in [2.45, 2.75) is 16.0 Å². The van der Waals surface area contributed by atoms with Gasteiger partial charge in [-0.05, 0) is 36.4 Å². The Kier molecular flexibility index (Phi) is 4.49. The Labute approximate surface area is 127 Å². The summed E-state index contributed by atoms with van der Waals surface area (Å²) in [4.78, 5) is 12.1. The van der Waals surface area contributed by atoms with E-state index < -0.39 is 23.3 Å². The number of benzene rings is 2. The number of hydrogen-bond donors (Lipinski definition) is 1. The molecule has 0 heterocycles. The highest BCUT2D eigenvalue weighted by Gasteiger charge is 2.35. The molecule has 2 aromatic carbocycles. The number of halogens is 4. The molecular formula is C14H8ClF3O2S. The van der Waals surface area contributed by atoms with Crippen molar-refractivity contribution in [3.05, 3.63) is 58.6 Å². The van der Waals surface area contributed by atoms with E-state index in [-0.39, 0.29) is 0 Å². The Morgan fingerprint density at radius 3 is 2.33 bits per heavy atom. The zero-order valence-corrected chi connectivity index (χ0v) is 11.9. The monoisotopic (exact) mass is 332 g/mol. The summed E-state index contributed by atoms with van der Waals surface area (Å²) in [5.74, 6) is -1.61. The molecule has 0 atom stereocenters. The van der Waals surface area contributed by atoms with E-state index in [4.69, 9.17) is 16.7 Å². The number of carboxylic acid groups (broad SMARTS) is 1. The SMILES string of the molecule is O=C(O)c1cc(Sc2cccc(Cl)c2)ccc1C(F)(F)F. The second-order valence-corrected chi connectivity index (χ2v) is 5.65. The smallest absolute Gasteiger partial charge is 0.417 e. The maximum Gasteiger partial charge on any atom is 0.417 e. The molecule has 0 aliphatic heterocycles. The summed E-state index contributed by atoms with van der Waals surface area (Å²) in [5, 5.41) is 9.42. The molecule has 0 saturated heterocycles. The molecule has 2 rings (SSSR count). The topological polar surface area (TPSA) is 37.3 Å². The van der Waals surface area contributed by atoms with E-state index in [0.29, 0.717) is 14.8 Å². The minimum atomic E-state index is -4.70. The maximum atomic E-state index is 12.7. The van der Waals surface area contributed by atoms with E-state index in [9.17, 15) is 18.0 Å². The van der Waals surface area contributed by atoms with Gasteiger partial charge < -0.3 is 5.11 Å². The standard InChI is InChI=1S/C14H8ClF3O2S/c15-8-2-1-3-9(6-8)21-10-4-5-12(14(16,17)18)11(7-10)13(19)20/h1-7H,(H,19,20).